The van der Waals surface area contributed by atoms with E-state index in [9.17, 15) is 33.1 Å². The third-order valence-corrected chi connectivity index (χ3v) is 8.35. The lowest BCUT2D eigenvalue weighted by atomic mass is 9.97. The number of nitrogens with zero attached hydrogens (tertiary/aromatic N) is 4. The van der Waals surface area contributed by atoms with Crippen molar-refractivity contribution in [2.24, 2.45) is 4.99 Å². The number of aliphatic imine (C=N–C) groups is 1. The molecule has 1 saturated heterocycles. The summed E-state index contributed by atoms with van der Waals surface area (Å²) in [5.74, 6) is -3.34. The molecule has 0 radical (unpaired) electrons. The minimum absolute atomic E-state index is 0.226. The Labute approximate surface area is 263 Å². The summed E-state index contributed by atoms with van der Waals surface area (Å²) in [5, 5.41) is 12.7. The molecule has 0 unspecified atom stereocenters. The number of hydrogen-bond donors (Lipinski definition) is 3. The number of unbranched alkanes of at least 4 members (excludes halogenated alkanes) is 1. The average molecular weight is 635 g/mol. The number of anilines is 2. The molecule has 13 heteroatoms. The van der Waals surface area contributed by atoms with Crippen molar-refractivity contribution >= 4 is 34.8 Å². The van der Waals surface area contributed by atoms with Gasteiger partial charge in [-0.25, -0.2) is 23.4 Å². The summed E-state index contributed by atoms with van der Waals surface area (Å²) >= 11 is 0. The Kier molecular flexibility index (Phi) is 9.90. The second-order valence-corrected chi connectivity index (χ2v) is 11.4. The number of carboxylic acid groups (broad SMARTS) is 1. The minimum atomic E-state index is -1.51. The van der Waals surface area contributed by atoms with E-state index in [2.05, 4.69) is 27.1 Å². The van der Waals surface area contributed by atoms with Crippen molar-refractivity contribution in [3.05, 3.63) is 97.2 Å². The number of hydrogen-bond acceptors (Lipinski definition) is 8. The number of rotatable bonds is 10. The molecule has 242 valence electrons. The fourth-order valence-corrected chi connectivity index (χ4v) is 5.79. The fraction of sp³-hybridized carbons (Fsp3) is 0.364. The van der Waals surface area contributed by atoms with Crippen LogP contribution < -0.4 is 16.6 Å². The van der Waals surface area contributed by atoms with Crippen LogP contribution in [0.2, 0.25) is 0 Å². The van der Waals surface area contributed by atoms with Crippen LogP contribution in [0.1, 0.15) is 42.9 Å². The first-order valence-electron chi connectivity index (χ1n) is 15.3. The van der Waals surface area contributed by atoms with Gasteiger partial charge in [-0.3, -0.25) is 24.0 Å². The number of benzene rings is 2. The molecule has 0 saturated carbocycles. The normalized spacial score (nSPS) is 15.7. The summed E-state index contributed by atoms with van der Waals surface area (Å²) in [6, 6.07) is 9.98. The third kappa shape index (κ3) is 7.31. The van der Waals surface area contributed by atoms with E-state index < -0.39 is 34.6 Å². The number of halogens is 2. The number of aromatic nitrogens is 2. The maximum atomic E-state index is 14.5. The second kappa shape index (κ2) is 14.0. The highest BCUT2D eigenvalue weighted by atomic mass is 19.1. The third-order valence-electron chi connectivity index (χ3n) is 8.35. The topological polar surface area (TPSA) is 140 Å². The summed E-state index contributed by atoms with van der Waals surface area (Å²) in [6.45, 7) is 7.43. The van der Waals surface area contributed by atoms with Crippen molar-refractivity contribution in [1.82, 2.24) is 19.4 Å². The number of H-pyrrole nitrogens is 1. The zero-order chi connectivity index (χ0) is 33.0. The Morgan fingerprint density at radius 2 is 1.74 bits per heavy atom. The molecule has 3 aromatic rings. The van der Waals surface area contributed by atoms with Gasteiger partial charge in [-0.15, -0.1) is 0 Å². The SMILES string of the molecule is CCc1cc(Nc2cc(=O)n(CCCCN3CCN(C4=NC(c5ccc(F)cc5F)=C(C(=O)O)C(=O)C4)CC3)c(=O)[nH]2)ccc1C. The molecule has 3 N–H and O–H groups in total. The van der Waals surface area contributed by atoms with Gasteiger partial charge in [0.15, 0.2) is 5.78 Å². The quantitative estimate of drug-likeness (QED) is 0.227. The van der Waals surface area contributed by atoms with Crippen molar-refractivity contribution in [1.29, 1.82) is 0 Å². The largest absolute Gasteiger partial charge is 0.477 e. The van der Waals surface area contributed by atoms with Crippen LogP contribution >= 0.6 is 0 Å². The number of carboxylic acids is 1. The Hall–Kier alpha value is -4.91. The number of aliphatic carboxylic acids is 1. The van der Waals surface area contributed by atoms with E-state index in [-0.39, 0.29) is 29.8 Å². The van der Waals surface area contributed by atoms with Gasteiger partial charge in [0.05, 0.1) is 12.1 Å². The van der Waals surface area contributed by atoms with Crippen molar-refractivity contribution in [3.8, 4) is 0 Å². The van der Waals surface area contributed by atoms with Gasteiger partial charge in [-0.1, -0.05) is 13.0 Å². The molecule has 11 nitrogen and oxygen atoms in total. The van der Waals surface area contributed by atoms with Gasteiger partial charge in [0.1, 0.15) is 28.9 Å². The van der Waals surface area contributed by atoms with Gasteiger partial charge in [-0.05, 0) is 68.1 Å². The highest BCUT2D eigenvalue weighted by molar-refractivity contribution is 6.28. The maximum Gasteiger partial charge on any atom is 0.341 e. The molecule has 0 amide bonds. The van der Waals surface area contributed by atoms with Crippen molar-refractivity contribution < 1.29 is 23.5 Å². The zero-order valence-corrected chi connectivity index (χ0v) is 25.7. The van der Waals surface area contributed by atoms with Crippen LogP contribution in [0.25, 0.3) is 5.70 Å². The smallest absolute Gasteiger partial charge is 0.341 e. The predicted octanol–water partition coefficient (Wildman–Crippen LogP) is 3.69. The Balaban J connectivity index is 1.14. The van der Waals surface area contributed by atoms with Gasteiger partial charge in [0.2, 0.25) is 0 Å². The number of aryl methyl sites for hydroxylation is 2. The molecular weight excluding hydrogens is 598 g/mol. The van der Waals surface area contributed by atoms with Crippen LogP contribution in [0.3, 0.4) is 0 Å². The monoisotopic (exact) mass is 634 g/mol. The lowest BCUT2D eigenvalue weighted by Gasteiger charge is -2.37. The molecule has 1 fully saturated rings. The Morgan fingerprint density at radius 1 is 1.00 bits per heavy atom. The molecule has 2 aromatic carbocycles. The van der Waals surface area contributed by atoms with E-state index in [4.69, 9.17) is 0 Å². The van der Waals surface area contributed by atoms with Crippen molar-refractivity contribution in [2.45, 2.75) is 46.1 Å². The van der Waals surface area contributed by atoms with Gasteiger partial charge in [0.25, 0.3) is 5.56 Å². The van der Waals surface area contributed by atoms with E-state index >= 15 is 0 Å². The van der Waals surface area contributed by atoms with E-state index in [1.165, 1.54) is 21.8 Å². The summed E-state index contributed by atoms with van der Waals surface area (Å²) < 4.78 is 29.2. The van der Waals surface area contributed by atoms with E-state index in [1.54, 1.807) is 0 Å². The minimum Gasteiger partial charge on any atom is -0.477 e. The van der Waals surface area contributed by atoms with Gasteiger partial charge >= 0.3 is 11.7 Å². The molecule has 46 heavy (non-hydrogen) atoms. The molecule has 0 aliphatic carbocycles. The summed E-state index contributed by atoms with van der Waals surface area (Å²) in [4.78, 5) is 61.2. The molecule has 2 aliphatic heterocycles. The molecule has 0 bridgehead atoms. The Bertz CT molecular complexity index is 1810. The maximum absolute atomic E-state index is 14.5. The number of amidine groups is 1. The standard InChI is InChI=1S/C33H36F2N6O5/c1-3-21-16-23(8-6-20(21)2)36-27-19-29(43)41(33(46)37-27)11-5-4-10-39-12-14-40(15-13-39)28-18-26(42)30(32(44)45)31(38-28)24-9-7-22(34)17-25(24)35/h6-9,16-17,19,36H,3-5,10-15,18H2,1-2H3,(H,37,46)(H,44,45). The van der Waals surface area contributed by atoms with Crippen LogP contribution in [0.4, 0.5) is 20.3 Å². The lowest BCUT2D eigenvalue weighted by Crippen LogP contribution is -2.49. The average Bonchev–Trinajstić information content (AvgIpc) is 3.01. The molecule has 1 aromatic heterocycles. The van der Waals surface area contributed by atoms with Crippen molar-refractivity contribution in [3.63, 3.8) is 0 Å². The second-order valence-electron chi connectivity index (χ2n) is 11.4. The van der Waals surface area contributed by atoms with Crippen LogP contribution in [0, 0.1) is 18.6 Å². The summed E-state index contributed by atoms with van der Waals surface area (Å²) in [7, 11) is 0. The van der Waals surface area contributed by atoms with Crippen molar-refractivity contribution in [2.75, 3.05) is 38.0 Å². The van der Waals surface area contributed by atoms with E-state index in [1.807, 2.05) is 30.0 Å². The molecule has 0 atom stereocenters. The number of Topliss-reactive ketones (excluding diaryl/α,β-unsaturated/α-hetero) is 1. The van der Waals surface area contributed by atoms with Gasteiger partial charge in [0, 0.05) is 56.1 Å². The number of piperazine rings is 1. The van der Waals surface area contributed by atoms with Crippen LogP contribution in [-0.2, 0) is 22.6 Å². The highest BCUT2D eigenvalue weighted by Crippen LogP contribution is 2.30. The van der Waals surface area contributed by atoms with E-state index in [0.717, 1.165) is 37.2 Å². The van der Waals surface area contributed by atoms with E-state index in [0.29, 0.717) is 50.3 Å². The van der Waals surface area contributed by atoms with Crippen LogP contribution in [0.15, 0.2) is 62.6 Å². The molecule has 2 aliphatic rings. The molecule has 0 spiro atoms. The van der Waals surface area contributed by atoms with Gasteiger partial charge < -0.3 is 15.3 Å². The van der Waals surface area contributed by atoms with Gasteiger partial charge in [-0.2, -0.15) is 0 Å². The number of carbonyl (C=O) groups is 2. The molecule has 3 heterocycles. The first kappa shape index (κ1) is 32.5. The van der Waals surface area contributed by atoms with Crippen LogP contribution in [0.5, 0.6) is 0 Å². The first-order chi connectivity index (χ1) is 22.0. The summed E-state index contributed by atoms with van der Waals surface area (Å²) in [6.07, 6.45) is 2.01. The highest BCUT2D eigenvalue weighted by Gasteiger charge is 2.33. The zero-order valence-electron chi connectivity index (χ0n) is 25.7. The van der Waals surface area contributed by atoms with Crippen LogP contribution in [-0.4, -0.2) is 74.8 Å². The predicted molar refractivity (Wildman–Crippen MR) is 170 cm³/mol. The Morgan fingerprint density at radius 3 is 2.41 bits per heavy atom. The summed E-state index contributed by atoms with van der Waals surface area (Å²) in [5.41, 5.74) is 1.11. The lowest BCUT2D eigenvalue weighted by molar-refractivity contribution is -0.134. The molecular formula is C33H36F2N6O5. The number of carbonyl (C=O) groups excluding carboxylic acids is 1. The fourth-order valence-electron chi connectivity index (χ4n) is 5.79. The molecule has 5 rings (SSSR count). The first-order valence-corrected chi connectivity index (χ1v) is 15.3. The number of aromatic amines is 1. The number of nitrogens with one attached hydrogen (secondary N) is 2. The number of ketones is 1.